The van der Waals surface area contributed by atoms with E-state index in [2.05, 4.69) is 11.5 Å². The van der Waals surface area contributed by atoms with Gasteiger partial charge in [0, 0.05) is 11.1 Å². The summed E-state index contributed by atoms with van der Waals surface area (Å²) in [5.74, 6) is -0.333. The van der Waals surface area contributed by atoms with Crippen LogP contribution in [0, 0.1) is 0 Å². The Morgan fingerprint density at radius 2 is 1.88 bits per heavy atom. The molecule has 4 nitrogen and oxygen atoms in total. The Morgan fingerprint density at radius 3 is 2.65 bits per heavy atom. The van der Waals surface area contributed by atoms with Crippen molar-refractivity contribution in [2.45, 2.75) is 31.0 Å². The van der Waals surface area contributed by atoms with Crippen LogP contribution < -0.4 is 5.43 Å². The molecular formula is C21H18ClN2O2+. The van der Waals surface area contributed by atoms with Crippen LogP contribution in [0.15, 0.2) is 66.2 Å². The highest BCUT2D eigenvalue weighted by Crippen LogP contribution is 2.41. The van der Waals surface area contributed by atoms with Crippen molar-refractivity contribution < 1.29 is 14.2 Å². The number of hydrazine groups is 1. The van der Waals surface area contributed by atoms with E-state index in [0.717, 1.165) is 30.4 Å². The van der Waals surface area contributed by atoms with E-state index in [0.29, 0.717) is 10.7 Å². The molecule has 2 atom stereocenters. The van der Waals surface area contributed by atoms with Crippen LogP contribution >= 0.6 is 11.6 Å². The van der Waals surface area contributed by atoms with Gasteiger partial charge in [0.1, 0.15) is 6.04 Å². The SMILES string of the molecule is O=C1O[C@@]2(c3ccccc3)C=C3CCC[C@H]3N[N+]2=C1c1ccc(Cl)cc1. The van der Waals surface area contributed by atoms with Gasteiger partial charge in [-0.1, -0.05) is 34.5 Å². The van der Waals surface area contributed by atoms with Crippen LogP contribution in [0.25, 0.3) is 0 Å². The van der Waals surface area contributed by atoms with Crippen molar-refractivity contribution in [3.05, 3.63) is 82.4 Å². The Hall–Kier alpha value is -2.59. The first-order valence-corrected chi connectivity index (χ1v) is 9.25. The first-order chi connectivity index (χ1) is 12.7. The van der Waals surface area contributed by atoms with E-state index in [1.807, 2.05) is 47.1 Å². The Morgan fingerprint density at radius 1 is 1.12 bits per heavy atom. The normalized spacial score (nSPS) is 26.7. The fourth-order valence-electron chi connectivity index (χ4n) is 4.15. The van der Waals surface area contributed by atoms with E-state index >= 15 is 0 Å². The number of nitrogens with zero attached hydrogens (tertiary/aromatic N) is 1. The number of ether oxygens (including phenoxy) is 1. The van der Waals surface area contributed by atoms with Gasteiger partial charge in [-0.15, -0.1) is 0 Å². The maximum absolute atomic E-state index is 12.9. The molecule has 0 radical (unpaired) electrons. The average Bonchev–Trinajstić information content (AvgIpc) is 3.22. The zero-order valence-corrected chi connectivity index (χ0v) is 14.9. The predicted octanol–water partition coefficient (Wildman–Crippen LogP) is 3.55. The molecule has 0 spiro atoms. The van der Waals surface area contributed by atoms with Gasteiger partial charge in [0.25, 0.3) is 0 Å². The summed E-state index contributed by atoms with van der Waals surface area (Å²) in [7, 11) is 0. The number of halogens is 1. The van der Waals surface area contributed by atoms with E-state index in [1.165, 1.54) is 5.57 Å². The van der Waals surface area contributed by atoms with Crippen molar-refractivity contribution in [3.8, 4) is 0 Å². The second-order valence-corrected chi connectivity index (χ2v) is 7.37. The van der Waals surface area contributed by atoms with Gasteiger partial charge < -0.3 is 4.74 Å². The van der Waals surface area contributed by atoms with Crippen molar-refractivity contribution >= 4 is 23.3 Å². The number of hydrogen-bond acceptors (Lipinski definition) is 3. The van der Waals surface area contributed by atoms with Gasteiger partial charge in [-0.2, -0.15) is 5.43 Å². The lowest BCUT2D eigenvalue weighted by Crippen LogP contribution is -2.53. The number of carbonyl (C=O) groups excluding carboxylic acids is 1. The number of rotatable bonds is 2. The van der Waals surface area contributed by atoms with Crippen LogP contribution in [0.1, 0.15) is 30.4 Å². The highest BCUT2D eigenvalue weighted by molar-refractivity contribution is 6.42. The van der Waals surface area contributed by atoms with Gasteiger partial charge >= 0.3 is 17.4 Å². The van der Waals surface area contributed by atoms with Crippen molar-refractivity contribution in [3.63, 3.8) is 0 Å². The summed E-state index contributed by atoms with van der Waals surface area (Å²) in [5, 5.41) is 0.639. The number of carbonyl (C=O) groups is 1. The molecule has 2 aromatic carbocycles. The van der Waals surface area contributed by atoms with Gasteiger partial charge in [0.05, 0.1) is 11.1 Å². The number of esters is 1. The lowest BCUT2D eigenvalue weighted by atomic mass is 9.95. The van der Waals surface area contributed by atoms with Gasteiger partial charge in [0.2, 0.25) is 0 Å². The zero-order valence-electron chi connectivity index (χ0n) is 14.1. The third-order valence-electron chi connectivity index (χ3n) is 5.37. The monoisotopic (exact) mass is 365 g/mol. The van der Waals surface area contributed by atoms with E-state index in [9.17, 15) is 4.79 Å². The molecule has 0 aromatic heterocycles. The summed E-state index contributed by atoms with van der Waals surface area (Å²) < 4.78 is 7.93. The molecule has 0 amide bonds. The maximum atomic E-state index is 12.9. The predicted molar refractivity (Wildman–Crippen MR) is 98.9 cm³/mol. The maximum Gasteiger partial charge on any atom is 0.412 e. The minimum atomic E-state index is -0.941. The molecule has 0 bridgehead atoms. The molecule has 1 N–H and O–H groups in total. The Kier molecular flexibility index (Phi) is 3.44. The standard InChI is InChI=1S/C21H17ClN2O2/c22-17-11-9-14(10-12-17)19-20(25)26-21(16-6-2-1-3-7-16)13-15-5-4-8-18(15)23-24(19)21/h1-3,6-7,9-13,18H,4-5,8H2/p+1/t18-,21-/m1/s1. The van der Waals surface area contributed by atoms with E-state index in [-0.39, 0.29) is 12.0 Å². The van der Waals surface area contributed by atoms with Gasteiger partial charge in [-0.25, -0.2) is 4.79 Å². The molecular weight excluding hydrogens is 348 g/mol. The van der Waals surface area contributed by atoms with Crippen LogP contribution in [-0.2, 0) is 15.3 Å². The van der Waals surface area contributed by atoms with Crippen molar-refractivity contribution in [2.75, 3.05) is 0 Å². The van der Waals surface area contributed by atoms with Gasteiger partial charge in [-0.3, -0.25) is 0 Å². The minimum Gasteiger partial charge on any atom is -0.382 e. The summed E-state index contributed by atoms with van der Waals surface area (Å²) in [6, 6.07) is 17.5. The first-order valence-electron chi connectivity index (χ1n) is 8.87. The molecule has 5 rings (SSSR count). The van der Waals surface area contributed by atoms with Crippen LogP contribution in [0.3, 0.4) is 0 Å². The Labute approximate surface area is 156 Å². The largest absolute Gasteiger partial charge is 0.412 e. The lowest BCUT2D eigenvalue weighted by Gasteiger charge is -2.29. The summed E-state index contributed by atoms with van der Waals surface area (Å²) in [6.45, 7) is 0. The summed E-state index contributed by atoms with van der Waals surface area (Å²) in [4.78, 5) is 12.9. The van der Waals surface area contributed by atoms with Crippen LogP contribution in [0.2, 0.25) is 5.02 Å². The molecule has 1 aliphatic carbocycles. The molecule has 2 aliphatic heterocycles. The molecule has 2 aromatic rings. The minimum absolute atomic E-state index is 0.253. The summed E-state index contributed by atoms with van der Waals surface area (Å²) in [5.41, 5.74) is 6.18. The quantitative estimate of drug-likeness (QED) is 0.502. The third-order valence-corrected chi connectivity index (χ3v) is 5.63. The molecule has 2 heterocycles. The molecule has 1 saturated carbocycles. The van der Waals surface area contributed by atoms with E-state index in [4.69, 9.17) is 16.3 Å². The second kappa shape index (κ2) is 5.71. The van der Waals surface area contributed by atoms with Gasteiger partial charge in [-0.05, 0) is 61.2 Å². The Balaban J connectivity index is 1.76. The number of hydrazone groups is 1. The topological polar surface area (TPSA) is 41.3 Å². The van der Waals surface area contributed by atoms with Crippen molar-refractivity contribution in [1.82, 2.24) is 5.43 Å². The fourth-order valence-corrected chi connectivity index (χ4v) is 4.27. The van der Waals surface area contributed by atoms with E-state index < -0.39 is 5.72 Å². The molecule has 0 unspecified atom stereocenters. The molecule has 3 aliphatic rings. The smallest absolute Gasteiger partial charge is 0.382 e. The summed E-state index contributed by atoms with van der Waals surface area (Å²) in [6.07, 6.45) is 5.38. The number of benzene rings is 2. The van der Waals surface area contributed by atoms with Gasteiger partial charge in [0.15, 0.2) is 0 Å². The van der Waals surface area contributed by atoms with Crippen LogP contribution in [0.4, 0.5) is 0 Å². The fraction of sp³-hybridized carbons (Fsp3) is 0.238. The average molecular weight is 366 g/mol. The Bertz CT molecular complexity index is 950. The van der Waals surface area contributed by atoms with Crippen LogP contribution in [-0.4, -0.2) is 22.4 Å². The lowest BCUT2D eigenvalue weighted by molar-refractivity contribution is -0.692. The molecule has 26 heavy (non-hydrogen) atoms. The number of fused-ring (bicyclic) bond motifs is 2. The molecule has 1 fully saturated rings. The number of nitrogens with one attached hydrogen (secondary N) is 1. The van der Waals surface area contributed by atoms with Crippen molar-refractivity contribution in [1.29, 1.82) is 0 Å². The van der Waals surface area contributed by atoms with Crippen LogP contribution in [0.5, 0.6) is 0 Å². The van der Waals surface area contributed by atoms with Crippen molar-refractivity contribution in [2.24, 2.45) is 0 Å². The molecule has 5 heteroatoms. The van der Waals surface area contributed by atoms with E-state index in [1.54, 1.807) is 12.1 Å². The highest BCUT2D eigenvalue weighted by atomic mass is 35.5. The highest BCUT2D eigenvalue weighted by Gasteiger charge is 2.60. The third kappa shape index (κ3) is 2.22. The summed E-state index contributed by atoms with van der Waals surface area (Å²) >= 11 is 6.02. The zero-order chi connectivity index (χ0) is 17.7. The molecule has 0 saturated heterocycles. The molecule has 130 valence electrons. The second-order valence-electron chi connectivity index (χ2n) is 6.94. The first kappa shape index (κ1) is 15.6. The number of hydrogen-bond donors (Lipinski definition) is 1.